The Morgan fingerprint density at radius 1 is 1.67 bits per heavy atom. The van der Waals surface area contributed by atoms with Crippen LogP contribution in [0.15, 0.2) is 24.5 Å². The van der Waals surface area contributed by atoms with E-state index >= 15 is 0 Å². The van der Waals surface area contributed by atoms with Crippen molar-refractivity contribution in [2.75, 3.05) is 5.32 Å². The van der Waals surface area contributed by atoms with E-state index in [-0.39, 0.29) is 5.91 Å². The third-order valence-electron chi connectivity index (χ3n) is 1.85. The van der Waals surface area contributed by atoms with Crippen molar-refractivity contribution in [2.45, 2.75) is 0 Å². The topological polar surface area (TPSA) is 62.7 Å². The second-order valence-corrected chi connectivity index (χ2v) is 3.50. The summed E-state index contributed by atoms with van der Waals surface area (Å²) >= 11 is 5.68. The number of H-pyrrole nitrogens is 1. The maximum absolute atomic E-state index is 11.6. The Morgan fingerprint density at radius 2 is 2.47 bits per heavy atom. The molecule has 2 N–H and O–H groups in total. The number of amides is 1. The maximum atomic E-state index is 11.6. The number of carbonyl (C=O) groups excluding carboxylic acids is 1. The highest BCUT2D eigenvalue weighted by atomic mass is 35.5. The van der Waals surface area contributed by atoms with Crippen LogP contribution in [0.2, 0.25) is 5.02 Å². The lowest BCUT2D eigenvalue weighted by atomic mass is 10.4. The second kappa shape index (κ2) is 3.78. The molecule has 78 valence electrons. The second-order valence-electron chi connectivity index (χ2n) is 3.06. The lowest BCUT2D eigenvalue weighted by Crippen LogP contribution is -2.12. The van der Waals surface area contributed by atoms with Gasteiger partial charge in [-0.3, -0.25) is 9.48 Å². The van der Waals surface area contributed by atoms with Gasteiger partial charge < -0.3 is 10.3 Å². The summed E-state index contributed by atoms with van der Waals surface area (Å²) in [5, 5.41) is 7.15. The number of aromatic amines is 1. The highest BCUT2D eigenvalue weighted by Gasteiger charge is 2.09. The molecule has 5 nitrogen and oxygen atoms in total. The van der Waals surface area contributed by atoms with Gasteiger partial charge in [-0.15, -0.1) is 0 Å². The van der Waals surface area contributed by atoms with Crippen LogP contribution in [-0.4, -0.2) is 20.7 Å². The minimum absolute atomic E-state index is 0.263. The summed E-state index contributed by atoms with van der Waals surface area (Å²) in [6.45, 7) is 0. The average molecular weight is 225 g/mol. The molecule has 0 saturated heterocycles. The van der Waals surface area contributed by atoms with Crippen LogP contribution in [0.5, 0.6) is 0 Å². The van der Waals surface area contributed by atoms with Gasteiger partial charge in [0.1, 0.15) is 5.69 Å². The standard InChI is InChI=1S/C9H9ClN4O/c1-14-3-2-8(13-14)12-9(15)7-4-6(10)5-11-7/h2-5,11H,1H3,(H,12,13,15). The first-order chi connectivity index (χ1) is 7.15. The molecule has 0 unspecified atom stereocenters. The summed E-state index contributed by atoms with van der Waals surface area (Å²) < 4.78 is 1.61. The molecule has 0 bridgehead atoms. The number of aryl methyl sites for hydroxylation is 1. The van der Waals surface area contributed by atoms with Gasteiger partial charge in [0.15, 0.2) is 5.82 Å². The number of hydrogen-bond acceptors (Lipinski definition) is 2. The van der Waals surface area contributed by atoms with Crippen molar-refractivity contribution in [2.24, 2.45) is 7.05 Å². The molecular weight excluding hydrogens is 216 g/mol. The lowest BCUT2D eigenvalue weighted by Gasteiger charge is -1.98. The molecular formula is C9H9ClN4O. The van der Waals surface area contributed by atoms with E-state index < -0.39 is 0 Å². The van der Waals surface area contributed by atoms with E-state index in [0.717, 1.165) is 0 Å². The van der Waals surface area contributed by atoms with Crippen molar-refractivity contribution >= 4 is 23.3 Å². The smallest absolute Gasteiger partial charge is 0.273 e. The van der Waals surface area contributed by atoms with Gasteiger partial charge in [-0.25, -0.2) is 0 Å². The maximum Gasteiger partial charge on any atom is 0.273 e. The molecule has 0 fully saturated rings. The number of nitrogens with zero attached hydrogens (tertiary/aromatic N) is 2. The van der Waals surface area contributed by atoms with Crippen molar-refractivity contribution in [3.63, 3.8) is 0 Å². The van der Waals surface area contributed by atoms with Crippen LogP contribution in [0.3, 0.4) is 0 Å². The molecule has 1 amide bonds. The van der Waals surface area contributed by atoms with Gasteiger partial charge in [-0.1, -0.05) is 11.6 Å². The van der Waals surface area contributed by atoms with Crippen LogP contribution in [-0.2, 0) is 7.05 Å². The van der Waals surface area contributed by atoms with E-state index in [4.69, 9.17) is 11.6 Å². The van der Waals surface area contributed by atoms with Crippen molar-refractivity contribution in [3.05, 3.63) is 35.2 Å². The number of rotatable bonds is 2. The van der Waals surface area contributed by atoms with Crippen molar-refractivity contribution < 1.29 is 4.79 Å². The third kappa shape index (κ3) is 2.19. The van der Waals surface area contributed by atoms with E-state index in [9.17, 15) is 4.79 Å². The predicted molar refractivity (Wildman–Crippen MR) is 57.0 cm³/mol. The minimum Gasteiger partial charge on any atom is -0.356 e. The van der Waals surface area contributed by atoms with E-state index in [2.05, 4.69) is 15.4 Å². The first-order valence-corrected chi connectivity index (χ1v) is 4.68. The van der Waals surface area contributed by atoms with E-state index in [1.165, 1.54) is 0 Å². The molecule has 15 heavy (non-hydrogen) atoms. The number of aromatic nitrogens is 3. The highest BCUT2D eigenvalue weighted by Crippen LogP contribution is 2.11. The fourth-order valence-electron chi connectivity index (χ4n) is 1.16. The molecule has 0 radical (unpaired) electrons. The highest BCUT2D eigenvalue weighted by molar-refractivity contribution is 6.31. The zero-order chi connectivity index (χ0) is 10.8. The van der Waals surface area contributed by atoms with E-state index in [1.807, 2.05) is 0 Å². The molecule has 2 heterocycles. The summed E-state index contributed by atoms with van der Waals surface area (Å²) in [4.78, 5) is 14.3. The summed E-state index contributed by atoms with van der Waals surface area (Å²) in [6.07, 6.45) is 3.30. The fraction of sp³-hybridized carbons (Fsp3) is 0.111. The summed E-state index contributed by atoms with van der Waals surface area (Å²) in [7, 11) is 1.78. The Kier molecular flexibility index (Phi) is 2.47. The van der Waals surface area contributed by atoms with Gasteiger partial charge in [0, 0.05) is 25.5 Å². The quantitative estimate of drug-likeness (QED) is 0.815. The van der Waals surface area contributed by atoms with Crippen LogP contribution in [0.4, 0.5) is 5.82 Å². The van der Waals surface area contributed by atoms with Gasteiger partial charge in [0.2, 0.25) is 0 Å². The van der Waals surface area contributed by atoms with Crippen LogP contribution in [0.1, 0.15) is 10.5 Å². The zero-order valence-corrected chi connectivity index (χ0v) is 8.75. The van der Waals surface area contributed by atoms with Gasteiger partial charge in [0.05, 0.1) is 5.02 Å². The normalized spacial score (nSPS) is 10.3. The fourth-order valence-corrected chi connectivity index (χ4v) is 1.33. The summed E-state index contributed by atoms with van der Waals surface area (Å²) in [5.41, 5.74) is 0.408. The van der Waals surface area contributed by atoms with E-state index in [1.54, 1.807) is 36.3 Å². The monoisotopic (exact) mass is 224 g/mol. The Morgan fingerprint density at radius 3 is 3.00 bits per heavy atom. The van der Waals surface area contributed by atoms with Gasteiger partial charge in [-0.2, -0.15) is 5.10 Å². The molecule has 0 aliphatic heterocycles. The molecule has 0 spiro atoms. The largest absolute Gasteiger partial charge is 0.356 e. The van der Waals surface area contributed by atoms with Crippen LogP contribution in [0.25, 0.3) is 0 Å². The molecule has 0 aromatic carbocycles. The molecule has 0 aliphatic carbocycles. The summed E-state index contributed by atoms with van der Waals surface area (Å²) in [5.74, 6) is 0.244. The molecule has 0 saturated carbocycles. The number of hydrogen-bond donors (Lipinski definition) is 2. The number of carbonyl (C=O) groups is 1. The first-order valence-electron chi connectivity index (χ1n) is 4.30. The van der Waals surface area contributed by atoms with Crippen molar-refractivity contribution in [1.82, 2.24) is 14.8 Å². The third-order valence-corrected chi connectivity index (χ3v) is 2.07. The average Bonchev–Trinajstić information content (AvgIpc) is 2.75. The molecule has 0 aliphatic rings. The summed E-state index contributed by atoms with van der Waals surface area (Å²) in [6, 6.07) is 3.27. The SMILES string of the molecule is Cn1ccc(NC(=O)c2cc(Cl)c[nH]2)n1. The van der Waals surface area contributed by atoms with Gasteiger partial charge >= 0.3 is 0 Å². The minimum atomic E-state index is -0.263. The Bertz CT molecular complexity index is 488. The van der Waals surface area contributed by atoms with Crippen LogP contribution < -0.4 is 5.32 Å². The van der Waals surface area contributed by atoms with Crippen molar-refractivity contribution in [1.29, 1.82) is 0 Å². The van der Waals surface area contributed by atoms with Gasteiger partial charge in [-0.05, 0) is 6.07 Å². The number of nitrogens with one attached hydrogen (secondary N) is 2. The predicted octanol–water partition coefficient (Wildman–Crippen LogP) is 1.65. The zero-order valence-electron chi connectivity index (χ0n) is 7.99. The molecule has 2 aromatic rings. The van der Waals surface area contributed by atoms with Gasteiger partial charge in [0.25, 0.3) is 5.91 Å². The molecule has 2 rings (SSSR count). The molecule has 6 heteroatoms. The first kappa shape index (κ1) is 9.79. The number of anilines is 1. The van der Waals surface area contributed by atoms with Crippen LogP contribution in [0, 0.1) is 0 Å². The Labute approximate surface area is 91.0 Å². The molecule has 2 aromatic heterocycles. The van der Waals surface area contributed by atoms with E-state index in [0.29, 0.717) is 16.5 Å². The van der Waals surface area contributed by atoms with Crippen LogP contribution >= 0.6 is 11.6 Å². The molecule has 0 atom stereocenters. The number of halogens is 1. The lowest BCUT2D eigenvalue weighted by molar-refractivity contribution is 0.102. The Hall–Kier alpha value is -1.75. The Balaban J connectivity index is 2.10. The van der Waals surface area contributed by atoms with Crippen molar-refractivity contribution in [3.8, 4) is 0 Å².